The Labute approximate surface area is 178 Å². The van der Waals surface area contributed by atoms with E-state index in [2.05, 4.69) is 5.32 Å². The molecule has 0 saturated heterocycles. The molecule has 0 aliphatic carbocycles. The van der Waals surface area contributed by atoms with Gasteiger partial charge in [-0.2, -0.15) is 0 Å². The van der Waals surface area contributed by atoms with Crippen LogP contribution in [0.2, 0.25) is 0 Å². The Balaban J connectivity index is 1.64. The highest BCUT2D eigenvalue weighted by molar-refractivity contribution is 5.99. The summed E-state index contributed by atoms with van der Waals surface area (Å²) in [5, 5.41) is 3.33. The van der Waals surface area contributed by atoms with Crippen molar-refractivity contribution < 1.29 is 18.7 Å². The van der Waals surface area contributed by atoms with E-state index in [0.717, 1.165) is 5.56 Å². The summed E-state index contributed by atoms with van der Waals surface area (Å²) in [5.74, 6) is -1.47. The molecule has 1 aromatic heterocycles. The molecule has 0 saturated carbocycles. The third-order valence-corrected chi connectivity index (χ3v) is 4.75. The number of esters is 1. The van der Waals surface area contributed by atoms with Crippen molar-refractivity contribution in [3.63, 3.8) is 0 Å². The smallest absolute Gasteiger partial charge is 0.351 e. The van der Waals surface area contributed by atoms with Gasteiger partial charge in [0.2, 0.25) is 6.10 Å². The average Bonchev–Trinajstić information content (AvgIpc) is 2.79. The van der Waals surface area contributed by atoms with E-state index in [-0.39, 0.29) is 5.56 Å². The third kappa shape index (κ3) is 4.53. The van der Waals surface area contributed by atoms with E-state index in [1.807, 2.05) is 19.1 Å². The summed E-state index contributed by atoms with van der Waals surface area (Å²) < 4.78 is 10.7. The molecule has 1 atom stereocenters. The summed E-state index contributed by atoms with van der Waals surface area (Å²) in [5.41, 5.74) is 1.36. The first kappa shape index (κ1) is 20.1. The monoisotopic (exact) mass is 413 g/mol. The fourth-order valence-corrected chi connectivity index (χ4v) is 3.12. The number of hydrogen-bond donors (Lipinski definition) is 1. The Morgan fingerprint density at radius 2 is 1.58 bits per heavy atom. The molecule has 1 heterocycles. The zero-order valence-electron chi connectivity index (χ0n) is 16.7. The van der Waals surface area contributed by atoms with E-state index >= 15 is 0 Å². The topological polar surface area (TPSA) is 85.6 Å². The van der Waals surface area contributed by atoms with Crippen molar-refractivity contribution in [2.45, 2.75) is 13.0 Å². The Hall–Kier alpha value is -4.19. The number of aryl methyl sites for hydroxylation is 1. The maximum atomic E-state index is 13.0. The molecule has 0 radical (unpaired) electrons. The zero-order chi connectivity index (χ0) is 21.8. The lowest BCUT2D eigenvalue weighted by Gasteiger charge is -2.18. The summed E-state index contributed by atoms with van der Waals surface area (Å²) in [6.45, 7) is 1.94. The zero-order valence-corrected chi connectivity index (χ0v) is 16.7. The van der Waals surface area contributed by atoms with Gasteiger partial charge < -0.3 is 14.5 Å². The van der Waals surface area contributed by atoms with Crippen LogP contribution < -0.4 is 10.9 Å². The number of carbonyl (C=O) groups excluding carboxylic acids is 2. The molecule has 31 heavy (non-hydrogen) atoms. The molecule has 1 N–H and O–H groups in total. The van der Waals surface area contributed by atoms with Crippen LogP contribution in [0.25, 0.3) is 11.0 Å². The quantitative estimate of drug-likeness (QED) is 0.381. The van der Waals surface area contributed by atoms with Gasteiger partial charge in [0.05, 0.1) is 0 Å². The number of fused-ring (bicyclic) bond motifs is 1. The first-order valence-corrected chi connectivity index (χ1v) is 9.67. The highest BCUT2D eigenvalue weighted by Gasteiger charge is 2.27. The predicted molar refractivity (Wildman–Crippen MR) is 117 cm³/mol. The largest absolute Gasteiger partial charge is 0.443 e. The number of hydrogen-bond acceptors (Lipinski definition) is 5. The first-order valence-electron chi connectivity index (χ1n) is 9.67. The number of ether oxygens (including phenoxy) is 1. The van der Waals surface area contributed by atoms with Crippen molar-refractivity contribution >= 4 is 28.5 Å². The molecule has 0 aliphatic rings. The Bertz CT molecular complexity index is 1290. The Morgan fingerprint density at radius 3 is 2.32 bits per heavy atom. The van der Waals surface area contributed by atoms with Crippen LogP contribution in [0.1, 0.15) is 27.6 Å². The third-order valence-electron chi connectivity index (χ3n) is 4.75. The Kier molecular flexibility index (Phi) is 5.62. The molecule has 0 spiro atoms. The number of nitrogens with one attached hydrogen (secondary N) is 1. The molecule has 0 unspecified atom stereocenters. The second kappa shape index (κ2) is 8.67. The summed E-state index contributed by atoms with van der Waals surface area (Å²) >= 11 is 0. The van der Waals surface area contributed by atoms with E-state index in [9.17, 15) is 14.4 Å². The van der Waals surface area contributed by atoms with Gasteiger partial charge in [-0.3, -0.25) is 4.79 Å². The minimum Gasteiger partial charge on any atom is -0.443 e. The van der Waals surface area contributed by atoms with Crippen molar-refractivity contribution in [1.82, 2.24) is 0 Å². The minimum absolute atomic E-state index is 0.275. The molecule has 0 aliphatic heterocycles. The summed E-state index contributed by atoms with van der Waals surface area (Å²) in [6.07, 6.45) is -1.25. The van der Waals surface area contributed by atoms with Gasteiger partial charge in [0.25, 0.3) is 5.91 Å². The molecular weight excluding hydrogens is 394 g/mol. The number of anilines is 1. The number of para-hydroxylation sites is 1. The fraction of sp³-hybridized carbons (Fsp3) is 0.0800. The molecule has 4 aromatic rings. The number of carbonyl (C=O) groups is 2. The van der Waals surface area contributed by atoms with Gasteiger partial charge in [-0.05, 0) is 31.2 Å². The molecular formula is C25H19NO5. The highest BCUT2D eigenvalue weighted by Crippen LogP contribution is 2.22. The fourth-order valence-electron chi connectivity index (χ4n) is 3.12. The maximum Gasteiger partial charge on any atom is 0.351 e. The van der Waals surface area contributed by atoms with Gasteiger partial charge in [0.15, 0.2) is 0 Å². The summed E-state index contributed by atoms with van der Waals surface area (Å²) in [4.78, 5) is 38.1. The SMILES string of the molecule is Cc1ccc(NC(=O)[C@H](OC(=O)c2cc3ccccc3oc2=O)c2ccccc2)cc1. The molecule has 0 bridgehead atoms. The molecule has 3 aromatic carbocycles. The molecule has 6 nitrogen and oxygen atoms in total. The van der Waals surface area contributed by atoms with Crippen LogP contribution in [0.5, 0.6) is 0 Å². The molecule has 1 amide bonds. The van der Waals surface area contributed by atoms with Crippen molar-refractivity contribution in [2.75, 3.05) is 5.32 Å². The van der Waals surface area contributed by atoms with Gasteiger partial charge in [-0.15, -0.1) is 0 Å². The standard InChI is InChI=1S/C25H19NO5/c1-16-11-13-19(14-12-16)26-23(27)22(17-7-3-2-4-8-17)31-25(29)20-15-18-9-5-6-10-21(18)30-24(20)28/h2-15,22H,1H3,(H,26,27)/t22-/m1/s1. The summed E-state index contributed by atoms with van der Waals surface area (Å²) in [7, 11) is 0. The second-order valence-electron chi connectivity index (χ2n) is 7.04. The summed E-state index contributed by atoms with van der Waals surface area (Å²) in [6, 6.07) is 24.1. The van der Waals surface area contributed by atoms with Crippen LogP contribution in [-0.4, -0.2) is 11.9 Å². The van der Waals surface area contributed by atoms with Crippen LogP contribution >= 0.6 is 0 Å². The molecule has 154 valence electrons. The van der Waals surface area contributed by atoms with Crippen molar-refractivity contribution in [1.29, 1.82) is 0 Å². The second-order valence-corrected chi connectivity index (χ2v) is 7.04. The minimum atomic E-state index is -1.25. The first-order chi connectivity index (χ1) is 15.0. The Morgan fingerprint density at radius 1 is 0.903 bits per heavy atom. The van der Waals surface area contributed by atoms with E-state index in [4.69, 9.17) is 9.15 Å². The molecule has 4 rings (SSSR count). The van der Waals surface area contributed by atoms with E-state index < -0.39 is 23.6 Å². The van der Waals surface area contributed by atoms with Gasteiger partial charge in [-0.1, -0.05) is 66.2 Å². The van der Waals surface area contributed by atoms with Crippen molar-refractivity contribution in [3.8, 4) is 0 Å². The van der Waals surface area contributed by atoms with Gasteiger partial charge in [-0.25, -0.2) is 9.59 Å². The molecule has 6 heteroatoms. The van der Waals surface area contributed by atoms with E-state index in [1.54, 1.807) is 66.7 Å². The van der Waals surface area contributed by atoms with Gasteiger partial charge >= 0.3 is 11.6 Å². The molecule has 0 fully saturated rings. The van der Waals surface area contributed by atoms with Gasteiger partial charge in [0, 0.05) is 16.6 Å². The average molecular weight is 413 g/mol. The van der Waals surface area contributed by atoms with E-state index in [0.29, 0.717) is 22.2 Å². The predicted octanol–water partition coefficient (Wildman–Crippen LogP) is 4.64. The van der Waals surface area contributed by atoms with Crippen LogP contribution in [0.3, 0.4) is 0 Å². The van der Waals surface area contributed by atoms with Crippen LogP contribution in [0.15, 0.2) is 94.1 Å². The highest BCUT2D eigenvalue weighted by atomic mass is 16.5. The van der Waals surface area contributed by atoms with Crippen LogP contribution in [0.4, 0.5) is 5.69 Å². The number of benzene rings is 3. The lowest BCUT2D eigenvalue weighted by molar-refractivity contribution is -0.125. The van der Waals surface area contributed by atoms with Crippen molar-refractivity contribution in [2.24, 2.45) is 0 Å². The number of amides is 1. The maximum absolute atomic E-state index is 13.0. The van der Waals surface area contributed by atoms with Gasteiger partial charge in [0.1, 0.15) is 11.1 Å². The van der Waals surface area contributed by atoms with E-state index in [1.165, 1.54) is 6.07 Å². The lowest BCUT2D eigenvalue weighted by atomic mass is 10.1. The lowest BCUT2D eigenvalue weighted by Crippen LogP contribution is -2.27. The number of rotatable bonds is 5. The normalized spacial score (nSPS) is 11.6. The van der Waals surface area contributed by atoms with Crippen molar-refractivity contribution in [3.05, 3.63) is 112 Å². The van der Waals surface area contributed by atoms with Crippen LogP contribution in [0, 0.1) is 6.92 Å². The van der Waals surface area contributed by atoms with Crippen LogP contribution in [-0.2, 0) is 9.53 Å².